The second kappa shape index (κ2) is 4.61. The van der Waals surface area contributed by atoms with E-state index in [1.165, 1.54) is 11.3 Å². The summed E-state index contributed by atoms with van der Waals surface area (Å²) in [6, 6.07) is 14.9. The van der Waals surface area contributed by atoms with E-state index in [1.54, 1.807) is 0 Å². The molecule has 0 saturated carbocycles. The van der Waals surface area contributed by atoms with E-state index >= 15 is 0 Å². The monoisotopic (exact) mass is 252 g/mol. The number of nitrogen functional groups attached to an aromatic ring is 1. The van der Waals surface area contributed by atoms with Crippen molar-refractivity contribution in [2.75, 3.05) is 17.2 Å². The zero-order chi connectivity index (χ0) is 13.4. The lowest BCUT2D eigenvalue weighted by molar-refractivity contribution is 0.562. The number of nitrogens with two attached hydrogens (primary N) is 1. The SMILES string of the molecule is Cc1cccc(N2CC(C)Cc3ccccc32)c1N. The summed E-state index contributed by atoms with van der Waals surface area (Å²) in [6.07, 6.45) is 1.15. The molecule has 3 rings (SSSR count). The molecule has 1 heterocycles. The van der Waals surface area contributed by atoms with Gasteiger partial charge in [0.25, 0.3) is 0 Å². The van der Waals surface area contributed by atoms with E-state index in [9.17, 15) is 0 Å². The summed E-state index contributed by atoms with van der Waals surface area (Å²) in [5, 5.41) is 0. The molecule has 1 aliphatic heterocycles. The molecule has 2 nitrogen and oxygen atoms in total. The van der Waals surface area contributed by atoms with Crippen LogP contribution in [-0.2, 0) is 6.42 Å². The highest BCUT2D eigenvalue weighted by molar-refractivity contribution is 5.78. The number of aryl methyl sites for hydroxylation is 1. The molecule has 0 radical (unpaired) electrons. The van der Waals surface area contributed by atoms with Crippen LogP contribution in [0.1, 0.15) is 18.1 Å². The van der Waals surface area contributed by atoms with E-state index in [4.69, 9.17) is 5.73 Å². The highest BCUT2D eigenvalue weighted by Gasteiger charge is 2.23. The zero-order valence-corrected chi connectivity index (χ0v) is 11.6. The van der Waals surface area contributed by atoms with Gasteiger partial charge in [-0.15, -0.1) is 0 Å². The maximum absolute atomic E-state index is 6.27. The second-order valence-corrected chi connectivity index (χ2v) is 5.56. The van der Waals surface area contributed by atoms with Crippen LogP contribution < -0.4 is 10.6 Å². The standard InChI is InChI=1S/C17H20N2/c1-12-10-14-7-3-4-8-15(14)19(11-12)16-9-5-6-13(2)17(16)18/h3-9,12H,10-11,18H2,1-2H3. The predicted octanol–water partition coefficient (Wildman–Crippen LogP) is 3.91. The van der Waals surface area contributed by atoms with Gasteiger partial charge in [0.2, 0.25) is 0 Å². The van der Waals surface area contributed by atoms with Gasteiger partial charge in [0.15, 0.2) is 0 Å². The fourth-order valence-corrected chi connectivity index (χ4v) is 2.93. The summed E-state index contributed by atoms with van der Waals surface area (Å²) < 4.78 is 0. The van der Waals surface area contributed by atoms with Gasteiger partial charge < -0.3 is 10.6 Å². The van der Waals surface area contributed by atoms with Crippen LogP contribution in [0.15, 0.2) is 42.5 Å². The molecule has 2 N–H and O–H groups in total. The molecular formula is C17H20N2. The molecule has 19 heavy (non-hydrogen) atoms. The third-order valence-electron chi connectivity index (χ3n) is 3.94. The molecule has 0 amide bonds. The maximum Gasteiger partial charge on any atom is 0.0647 e. The van der Waals surface area contributed by atoms with Crippen molar-refractivity contribution in [2.45, 2.75) is 20.3 Å². The van der Waals surface area contributed by atoms with Gasteiger partial charge in [-0.1, -0.05) is 37.3 Å². The van der Waals surface area contributed by atoms with Crippen LogP contribution in [0.25, 0.3) is 0 Å². The molecule has 2 heteroatoms. The highest BCUT2D eigenvalue weighted by atomic mass is 15.2. The van der Waals surface area contributed by atoms with Crippen LogP contribution in [0.3, 0.4) is 0 Å². The van der Waals surface area contributed by atoms with Crippen molar-refractivity contribution >= 4 is 17.1 Å². The summed E-state index contributed by atoms with van der Waals surface area (Å²) >= 11 is 0. The molecule has 0 spiro atoms. The van der Waals surface area contributed by atoms with Gasteiger partial charge in [0, 0.05) is 12.2 Å². The van der Waals surface area contributed by atoms with Crippen molar-refractivity contribution in [1.82, 2.24) is 0 Å². The molecule has 2 aromatic rings. The molecule has 98 valence electrons. The minimum atomic E-state index is 0.648. The minimum Gasteiger partial charge on any atom is -0.397 e. The van der Waals surface area contributed by atoms with Crippen molar-refractivity contribution in [2.24, 2.45) is 5.92 Å². The highest BCUT2D eigenvalue weighted by Crippen LogP contribution is 2.38. The Morgan fingerprint density at radius 1 is 1.05 bits per heavy atom. The lowest BCUT2D eigenvalue weighted by Crippen LogP contribution is -2.31. The van der Waals surface area contributed by atoms with Crippen LogP contribution in [0.4, 0.5) is 17.1 Å². The van der Waals surface area contributed by atoms with E-state index in [0.29, 0.717) is 5.92 Å². The van der Waals surface area contributed by atoms with Crippen molar-refractivity contribution in [3.63, 3.8) is 0 Å². The van der Waals surface area contributed by atoms with Gasteiger partial charge in [-0.25, -0.2) is 0 Å². The van der Waals surface area contributed by atoms with Gasteiger partial charge >= 0.3 is 0 Å². The van der Waals surface area contributed by atoms with Gasteiger partial charge in [0.1, 0.15) is 0 Å². The van der Waals surface area contributed by atoms with Crippen LogP contribution in [0.5, 0.6) is 0 Å². The molecule has 1 unspecified atom stereocenters. The summed E-state index contributed by atoms with van der Waals surface area (Å²) in [6.45, 7) is 5.40. The molecule has 0 fully saturated rings. The third kappa shape index (κ3) is 2.07. The van der Waals surface area contributed by atoms with E-state index in [2.05, 4.69) is 61.2 Å². The van der Waals surface area contributed by atoms with Crippen LogP contribution in [0, 0.1) is 12.8 Å². The fraction of sp³-hybridized carbons (Fsp3) is 0.294. The molecule has 0 aliphatic carbocycles. The normalized spacial score (nSPS) is 18.2. The first kappa shape index (κ1) is 12.1. The summed E-state index contributed by atoms with van der Waals surface area (Å²) in [5.41, 5.74) is 12.2. The quantitative estimate of drug-likeness (QED) is 0.780. The van der Waals surface area contributed by atoms with Crippen molar-refractivity contribution < 1.29 is 0 Å². The van der Waals surface area contributed by atoms with Gasteiger partial charge in [-0.3, -0.25) is 0 Å². The molecule has 0 bridgehead atoms. The summed E-state index contributed by atoms with van der Waals surface area (Å²) in [4.78, 5) is 2.37. The van der Waals surface area contributed by atoms with E-state index in [-0.39, 0.29) is 0 Å². The average Bonchev–Trinajstić information content (AvgIpc) is 2.41. The Balaban J connectivity index is 2.13. The summed E-state index contributed by atoms with van der Waals surface area (Å²) in [5.74, 6) is 0.648. The molecule has 1 aliphatic rings. The largest absolute Gasteiger partial charge is 0.397 e. The number of hydrogen-bond donors (Lipinski definition) is 1. The molecule has 2 aromatic carbocycles. The third-order valence-corrected chi connectivity index (χ3v) is 3.94. The lowest BCUT2D eigenvalue weighted by atomic mass is 9.93. The predicted molar refractivity (Wildman–Crippen MR) is 81.9 cm³/mol. The van der Waals surface area contributed by atoms with E-state index in [0.717, 1.165) is 29.9 Å². The molecular weight excluding hydrogens is 232 g/mol. The number of anilines is 3. The zero-order valence-electron chi connectivity index (χ0n) is 11.6. The van der Waals surface area contributed by atoms with Crippen molar-refractivity contribution in [3.05, 3.63) is 53.6 Å². The van der Waals surface area contributed by atoms with Crippen molar-refractivity contribution in [3.8, 4) is 0 Å². The Bertz CT molecular complexity index is 604. The van der Waals surface area contributed by atoms with Gasteiger partial charge in [-0.2, -0.15) is 0 Å². The number of nitrogens with zero attached hydrogens (tertiary/aromatic N) is 1. The lowest BCUT2D eigenvalue weighted by Gasteiger charge is -2.35. The van der Waals surface area contributed by atoms with Crippen molar-refractivity contribution in [1.29, 1.82) is 0 Å². The Morgan fingerprint density at radius 2 is 1.79 bits per heavy atom. The molecule has 0 aromatic heterocycles. The molecule has 1 atom stereocenters. The maximum atomic E-state index is 6.27. The first-order chi connectivity index (χ1) is 9.16. The number of hydrogen-bond acceptors (Lipinski definition) is 2. The Kier molecular flexibility index (Phi) is 2.94. The topological polar surface area (TPSA) is 29.3 Å². The van der Waals surface area contributed by atoms with Gasteiger partial charge in [-0.05, 0) is 42.5 Å². The number of para-hydroxylation sites is 2. The number of benzene rings is 2. The van der Waals surface area contributed by atoms with Crippen LogP contribution >= 0.6 is 0 Å². The van der Waals surface area contributed by atoms with E-state index in [1.807, 2.05) is 0 Å². The smallest absolute Gasteiger partial charge is 0.0647 e. The molecule has 0 saturated heterocycles. The second-order valence-electron chi connectivity index (χ2n) is 5.56. The first-order valence-corrected chi connectivity index (χ1v) is 6.87. The van der Waals surface area contributed by atoms with Crippen LogP contribution in [-0.4, -0.2) is 6.54 Å². The average molecular weight is 252 g/mol. The Morgan fingerprint density at radius 3 is 2.63 bits per heavy atom. The van der Waals surface area contributed by atoms with Crippen LogP contribution in [0.2, 0.25) is 0 Å². The van der Waals surface area contributed by atoms with E-state index < -0.39 is 0 Å². The Labute approximate surface area is 114 Å². The minimum absolute atomic E-state index is 0.648. The number of fused-ring (bicyclic) bond motifs is 1. The Hall–Kier alpha value is -1.96. The first-order valence-electron chi connectivity index (χ1n) is 6.87. The van der Waals surface area contributed by atoms with Gasteiger partial charge in [0.05, 0.1) is 11.4 Å². The number of rotatable bonds is 1. The fourth-order valence-electron chi connectivity index (χ4n) is 2.93. The summed E-state index contributed by atoms with van der Waals surface area (Å²) in [7, 11) is 0.